The Morgan fingerprint density at radius 3 is 2.95 bits per heavy atom. The molecule has 1 fully saturated rings. The van der Waals surface area contributed by atoms with Gasteiger partial charge in [-0.05, 0) is 38.1 Å². The SMILES string of the molecule is CC1CN(C(=O)c2cc3cc(Cl)ccc3o2)C(C)CO1. The van der Waals surface area contributed by atoms with E-state index >= 15 is 0 Å². The van der Waals surface area contributed by atoms with Crippen molar-refractivity contribution in [3.63, 3.8) is 0 Å². The molecule has 0 aliphatic carbocycles. The van der Waals surface area contributed by atoms with Gasteiger partial charge in [-0.15, -0.1) is 0 Å². The molecule has 3 rings (SSSR count). The van der Waals surface area contributed by atoms with Crippen LogP contribution in [-0.4, -0.2) is 36.1 Å². The Bertz CT molecular complexity index is 652. The van der Waals surface area contributed by atoms with Crippen molar-refractivity contribution < 1.29 is 13.9 Å². The normalized spacial score (nSPS) is 23.2. The van der Waals surface area contributed by atoms with E-state index in [-0.39, 0.29) is 18.1 Å². The van der Waals surface area contributed by atoms with Gasteiger partial charge in [0, 0.05) is 17.0 Å². The number of halogens is 1. The first kappa shape index (κ1) is 13.5. The van der Waals surface area contributed by atoms with Gasteiger partial charge in [0.2, 0.25) is 0 Å². The average molecular weight is 294 g/mol. The second-order valence-corrected chi connectivity index (χ2v) is 5.68. The predicted molar refractivity (Wildman–Crippen MR) is 77.1 cm³/mol. The molecule has 1 amide bonds. The molecule has 4 nitrogen and oxygen atoms in total. The molecule has 5 heteroatoms. The minimum absolute atomic E-state index is 0.0500. The molecule has 2 atom stereocenters. The van der Waals surface area contributed by atoms with E-state index in [0.29, 0.717) is 29.5 Å². The van der Waals surface area contributed by atoms with Gasteiger partial charge < -0.3 is 14.1 Å². The molecular weight excluding hydrogens is 278 g/mol. The minimum atomic E-state index is -0.0972. The van der Waals surface area contributed by atoms with Gasteiger partial charge in [0.1, 0.15) is 5.58 Å². The van der Waals surface area contributed by atoms with E-state index in [2.05, 4.69) is 0 Å². The van der Waals surface area contributed by atoms with Crippen LogP contribution in [-0.2, 0) is 4.74 Å². The first-order valence-electron chi connectivity index (χ1n) is 6.66. The van der Waals surface area contributed by atoms with Crippen molar-refractivity contribution in [1.29, 1.82) is 0 Å². The van der Waals surface area contributed by atoms with Gasteiger partial charge in [-0.2, -0.15) is 0 Å². The number of amides is 1. The number of morpholine rings is 1. The highest BCUT2D eigenvalue weighted by Crippen LogP contribution is 2.25. The summed E-state index contributed by atoms with van der Waals surface area (Å²) in [6, 6.07) is 7.12. The van der Waals surface area contributed by atoms with Gasteiger partial charge >= 0.3 is 0 Å². The van der Waals surface area contributed by atoms with Crippen molar-refractivity contribution in [2.45, 2.75) is 26.0 Å². The molecule has 0 spiro atoms. The second-order valence-electron chi connectivity index (χ2n) is 5.24. The van der Waals surface area contributed by atoms with Crippen LogP contribution in [0.1, 0.15) is 24.4 Å². The number of hydrogen-bond acceptors (Lipinski definition) is 3. The van der Waals surface area contributed by atoms with Gasteiger partial charge in [-0.3, -0.25) is 4.79 Å². The van der Waals surface area contributed by atoms with Crippen LogP contribution in [0.4, 0.5) is 0 Å². The largest absolute Gasteiger partial charge is 0.451 e. The summed E-state index contributed by atoms with van der Waals surface area (Å²) in [5.41, 5.74) is 0.673. The van der Waals surface area contributed by atoms with Gasteiger partial charge in [0.05, 0.1) is 18.8 Å². The molecule has 2 unspecified atom stereocenters. The van der Waals surface area contributed by atoms with Crippen molar-refractivity contribution in [3.05, 3.63) is 35.0 Å². The molecule has 1 saturated heterocycles. The van der Waals surface area contributed by atoms with Crippen molar-refractivity contribution in [3.8, 4) is 0 Å². The number of furan rings is 1. The zero-order chi connectivity index (χ0) is 14.3. The summed E-state index contributed by atoms with van der Waals surface area (Å²) in [5, 5.41) is 1.47. The van der Waals surface area contributed by atoms with Crippen LogP contribution in [0, 0.1) is 0 Å². The maximum atomic E-state index is 12.6. The van der Waals surface area contributed by atoms with E-state index in [1.807, 2.05) is 13.8 Å². The van der Waals surface area contributed by atoms with E-state index in [1.54, 1.807) is 29.2 Å². The smallest absolute Gasteiger partial charge is 0.290 e. The van der Waals surface area contributed by atoms with Crippen molar-refractivity contribution >= 4 is 28.5 Å². The molecule has 0 saturated carbocycles. The van der Waals surface area contributed by atoms with Crippen LogP contribution >= 0.6 is 11.6 Å². The zero-order valence-electron chi connectivity index (χ0n) is 11.4. The number of nitrogens with zero attached hydrogens (tertiary/aromatic N) is 1. The molecule has 106 valence electrons. The summed E-state index contributed by atoms with van der Waals surface area (Å²) in [6.07, 6.45) is 0.0500. The van der Waals surface area contributed by atoms with E-state index < -0.39 is 0 Å². The number of benzene rings is 1. The third kappa shape index (κ3) is 2.41. The Morgan fingerprint density at radius 2 is 2.15 bits per heavy atom. The molecule has 2 aromatic rings. The number of fused-ring (bicyclic) bond motifs is 1. The fraction of sp³-hybridized carbons (Fsp3) is 0.400. The summed E-state index contributed by atoms with van der Waals surface area (Å²) in [7, 11) is 0. The fourth-order valence-electron chi connectivity index (χ4n) is 2.45. The van der Waals surface area contributed by atoms with E-state index in [0.717, 1.165) is 5.39 Å². The summed E-state index contributed by atoms with van der Waals surface area (Å²) >= 11 is 5.94. The monoisotopic (exact) mass is 293 g/mol. The Labute approximate surface area is 122 Å². The lowest BCUT2D eigenvalue weighted by Crippen LogP contribution is -2.50. The number of carbonyl (C=O) groups is 1. The lowest BCUT2D eigenvalue weighted by Gasteiger charge is -2.36. The maximum Gasteiger partial charge on any atom is 0.290 e. The van der Waals surface area contributed by atoms with Gasteiger partial charge in [0.15, 0.2) is 5.76 Å². The van der Waals surface area contributed by atoms with E-state index in [1.165, 1.54) is 0 Å². The highest BCUT2D eigenvalue weighted by atomic mass is 35.5. The zero-order valence-corrected chi connectivity index (χ0v) is 12.2. The van der Waals surface area contributed by atoms with Gasteiger partial charge in [-0.25, -0.2) is 0 Å². The number of carbonyl (C=O) groups excluding carboxylic acids is 1. The summed E-state index contributed by atoms with van der Waals surface area (Å²) in [6.45, 7) is 5.07. The van der Waals surface area contributed by atoms with Gasteiger partial charge in [-0.1, -0.05) is 11.6 Å². The average Bonchev–Trinajstić information content (AvgIpc) is 2.83. The highest BCUT2D eigenvalue weighted by Gasteiger charge is 2.30. The fourth-order valence-corrected chi connectivity index (χ4v) is 2.63. The van der Waals surface area contributed by atoms with Crippen molar-refractivity contribution in [2.75, 3.05) is 13.2 Å². The molecule has 1 aliphatic rings. The van der Waals surface area contributed by atoms with E-state index in [4.69, 9.17) is 20.8 Å². The predicted octanol–water partition coefficient (Wildman–Crippen LogP) is 3.34. The second kappa shape index (κ2) is 5.11. The number of hydrogen-bond donors (Lipinski definition) is 0. The van der Waals surface area contributed by atoms with Crippen LogP contribution in [0.2, 0.25) is 5.02 Å². The van der Waals surface area contributed by atoms with Crippen LogP contribution in [0.3, 0.4) is 0 Å². The Hall–Kier alpha value is -1.52. The topological polar surface area (TPSA) is 42.7 Å². The minimum Gasteiger partial charge on any atom is -0.451 e. The number of ether oxygens (including phenoxy) is 1. The molecule has 1 aliphatic heterocycles. The Balaban J connectivity index is 1.91. The molecule has 0 radical (unpaired) electrons. The van der Waals surface area contributed by atoms with Crippen LogP contribution in [0.15, 0.2) is 28.7 Å². The Kier molecular flexibility index (Phi) is 3.44. The third-order valence-corrected chi connectivity index (χ3v) is 3.79. The standard InChI is InChI=1S/C15H16ClNO3/c1-9-8-19-10(2)7-17(9)15(18)14-6-11-5-12(16)3-4-13(11)20-14/h3-6,9-10H,7-8H2,1-2H3. The summed E-state index contributed by atoms with van der Waals surface area (Å²) in [4.78, 5) is 14.4. The van der Waals surface area contributed by atoms with E-state index in [9.17, 15) is 4.79 Å². The highest BCUT2D eigenvalue weighted by molar-refractivity contribution is 6.31. The third-order valence-electron chi connectivity index (χ3n) is 3.56. The molecule has 1 aromatic heterocycles. The van der Waals surface area contributed by atoms with Crippen molar-refractivity contribution in [2.24, 2.45) is 0 Å². The van der Waals surface area contributed by atoms with Crippen molar-refractivity contribution in [1.82, 2.24) is 4.90 Å². The molecule has 0 N–H and O–H groups in total. The van der Waals surface area contributed by atoms with Gasteiger partial charge in [0.25, 0.3) is 5.91 Å². The van der Waals surface area contributed by atoms with Crippen LogP contribution in [0.25, 0.3) is 11.0 Å². The summed E-state index contributed by atoms with van der Waals surface area (Å²) < 4.78 is 11.2. The lowest BCUT2D eigenvalue weighted by molar-refractivity contribution is -0.0395. The quantitative estimate of drug-likeness (QED) is 0.810. The van der Waals surface area contributed by atoms with Crippen LogP contribution < -0.4 is 0 Å². The molecular formula is C15H16ClNO3. The first-order valence-corrected chi connectivity index (χ1v) is 7.04. The number of rotatable bonds is 1. The molecule has 2 heterocycles. The summed E-state index contributed by atoms with van der Waals surface area (Å²) in [5.74, 6) is 0.253. The maximum absolute atomic E-state index is 12.6. The molecule has 0 bridgehead atoms. The molecule has 1 aromatic carbocycles. The molecule has 20 heavy (non-hydrogen) atoms. The Morgan fingerprint density at radius 1 is 1.35 bits per heavy atom. The van der Waals surface area contributed by atoms with Crippen LogP contribution in [0.5, 0.6) is 0 Å². The first-order chi connectivity index (χ1) is 9.54. The lowest BCUT2D eigenvalue weighted by atomic mass is 10.2.